The highest BCUT2D eigenvalue weighted by molar-refractivity contribution is 7.47. The molecule has 282 valence electrons. The SMILES string of the molecule is CCCCCCC=CCCCCCCCCC=COC[C@H](COP(=O)(O)OCCN)OC(=O)CCCCCCCC=CCCCCCC. The molecule has 0 aromatic rings. The molecule has 0 radical (unpaired) electrons. The van der Waals surface area contributed by atoms with Gasteiger partial charge in [0.25, 0.3) is 0 Å². The van der Waals surface area contributed by atoms with Gasteiger partial charge in [-0.25, -0.2) is 4.57 Å². The van der Waals surface area contributed by atoms with E-state index in [9.17, 15) is 14.3 Å². The highest BCUT2D eigenvalue weighted by atomic mass is 31.2. The second-order valence-electron chi connectivity index (χ2n) is 12.8. The van der Waals surface area contributed by atoms with Crippen LogP contribution in [0.5, 0.6) is 0 Å². The fraction of sp³-hybridized carbons (Fsp3) is 0.821. The number of rotatable bonds is 37. The molecule has 0 aliphatic heterocycles. The van der Waals surface area contributed by atoms with E-state index in [0.29, 0.717) is 6.42 Å². The molecule has 0 rings (SSSR count). The highest BCUT2D eigenvalue weighted by Gasteiger charge is 2.25. The van der Waals surface area contributed by atoms with Gasteiger partial charge >= 0.3 is 13.8 Å². The molecule has 1 unspecified atom stereocenters. The first kappa shape index (κ1) is 46.6. The van der Waals surface area contributed by atoms with Crippen molar-refractivity contribution in [1.82, 2.24) is 0 Å². The third-order valence-electron chi connectivity index (χ3n) is 8.09. The Hall–Kier alpha value is -1.44. The van der Waals surface area contributed by atoms with Crippen LogP contribution >= 0.6 is 7.82 Å². The van der Waals surface area contributed by atoms with E-state index < -0.39 is 13.9 Å². The molecule has 8 nitrogen and oxygen atoms in total. The fourth-order valence-electron chi connectivity index (χ4n) is 5.19. The van der Waals surface area contributed by atoms with Crippen LogP contribution in [0, 0.1) is 0 Å². The number of phosphoric ester groups is 1. The van der Waals surface area contributed by atoms with E-state index in [0.717, 1.165) is 44.9 Å². The van der Waals surface area contributed by atoms with Gasteiger partial charge in [0.05, 0.1) is 19.5 Å². The van der Waals surface area contributed by atoms with Crippen LogP contribution in [0.1, 0.15) is 174 Å². The van der Waals surface area contributed by atoms with Gasteiger partial charge < -0.3 is 20.1 Å². The molecule has 0 aliphatic rings. The number of ether oxygens (including phenoxy) is 2. The van der Waals surface area contributed by atoms with E-state index in [1.165, 1.54) is 109 Å². The Labute approximate surface area is 295 Å². The second-order valence-corrected chi connectivity index (χ2v) is 14.3. The molecule has 0 aromatic heterocycles. The zero-order valence-electron chi connectivity index (χ0n) is 31.0. The highest BCUT2D eigenvalue weighted by Crippen LogP contribution is 2.43. The quantitative estimate of drug-likeness (QED) is 0.0216. The van der Waals surface area contributed by atoms with Gasteiger partial charge in [-0.2, -0.15) is 0 Å². The molecule has 3 N–H and O–H groups in total. The average molecular weight is 700 g/mol. The summed E-state index contributed by atoms with van der Waals surface area (Å²) >= 11 is 0. The summed E-state index contributed by atoms with van der Waals surface area (Å²) in [5, 5.41) is 0. The van der Waals surface area contributed by atoms with Crippen molar-refractivity contribution < 1.29 is 32.8 Å². The summed E-state index contributed by atoms with van der Waals surface area (Å²) in [5.74, 6) is -0.365. The lowest BCUT2D eigenvalue weighted by Gasteiger charge is -2.19. The minimum absolute atomic E-state index is 0.0262. The van der Waals surface area contributed by atoms with Crippen molar-refractivity contribution in [3.8, 4) is 0 Å². The number of hydrogen-bond donors (Lipinski definition) is 2. The summed E-state index contributed by atoms with van der Waals surface area (Å²) in [6.45, 7) is 4.19. The summed E-state index contributed by atoms with van der Waals surface area (Å²) in [4.78, 5) is 22.3. The van der Waals surface area contributed by atoms with E-state index in [1.807, 2.05) is 6.08 Å². The lowest BCUT2D eigenvalue weighted by atomic mass is 10.1. The van der Waals surface area contributed by atoms with Crippen LogP contribution in [0.4, 0.5) is 0 Å². The molecule has 0 bridgehead atoms. The maximum atomic E-state index is 12.5. The van der Waals surface area contributed by atoms with Crippen molar-refractivity contribution in [2.75, 3.05) is 26.4 Å². The number of unbranched alkanes of at least 4 members (excludes halogenated alkanes) is 20. The Morgan fingerprint density at radius 3 is 1.54 bits per heavy atom. The van der Waals surface area contributed by atoms with Gasteiger partial charge in [0.1, 0.15) is 6.61 Å². The van der Waals surface area contributed by atoms with Crippen LogP contribution < -0.4 is 5.73 Å². The Morgan fingerprint density at radius 2 is 1.06 bits per heavy atom. The van der Waals surface area contributed by atoms with E-state index >= 15 is 0 Å². The predicted molar refractivity (Wildman–Crippen MR) is 201 cm³/mol. The largest absolute Gasteiger partial charge is 0.498 e. The molecule has 9 heteroatoms. The average Bonchev–Trinajstić information content (AvgIpc) is 3.07. The molecule has 0 heterocycles. The summed E-state index contributed by atoms with van der Waals surface area (Å²) in [5.41, 5.74) is 5.35. The van der Waals surface area contributed by atoms with Gasteiger partial charge in [-0.05, 0) is 76.7 Å². The molecule has 0 aliphatic carbocycles. The molecular formula is C39H74NO7P. The van der Waals surface area contributed by atoms with Gasteiger partial charge in [-0.15, -0.1) is 0 Å². The molecule has 0 spiro atoms. The van der Waals surface area contributed by atoms with Gasteiger partial charge in [0.2, 0.25) is 0 Å². The number of carbonyl (C=O) groups excluding carboxylic acids is 1. The van der Waals surface area contributed by atoms with Gasteiger partial charge in [0.15, 0.2) is 6.10 Å². The number of hydrogen-bond acceptors (Lipinski definition) is 7. The number of nitrogens with two attached hydrogens (primary N) is 1. The van der Waals surface area contributed by atoms with E-state index in [1.54, 1.807) is 6.26 Å². The van der Waals surface area contributed by atoms with E-state index in [-0.39, 0.29) is 32.3 Å². The Morgan fingerprint density at radius 1 is 0.625 bits per heavy atom. The van der Waals surface area contributed by atoms with Crippen LogP contribution in [-0.2, 0) is 27.9 Å². The molecule has 0 aromatic carbocycles. The summed E-state index contributed by atoms with van der Waals surface area (Å²) < 4.78 is 33.0. The van der Waals surface area contributed by atoms with Crippen molar-refractivity contribution >= 4 is 13.8 Å². The van der Waals surface area contributed by atoms with E-state index in [2.05, 4.69) is 38.2 Å². The lowest BCUT2D eigenvalue weighted by molar-refractivity contribution is -0.153. The van der Waals surface area contributed by atoms with Gasteiger partial charge in [-0.1, -0.05) is 122 Å². The Kier molecular flexibility index (Phi) is 35.7. The molecule has 2 atom stereocenters. The minimum Gasteiger partial charge on any atom is -0.498 e. The van der Waals surface area contributed by atoms with Gasteiger partial charge in [-0.3, -0.25) is 13.8 Å². The predicted octanol–water partition coefficient (Wildman–Crippen LogP) is 11.4. The lowest BCUT2D eigenvalue weighted by Crippen LogP contribution is -2.27. The molecule has 0 saturated heterocycles. The maximum absolute atomic E-state index is 12.5. The first-order valence-corrected chi connectivity index (χ1v) is 21.0. The fourth-order valence-corrected chi connectivity index (χ4v) is 5.95. The van der Waals surface area contributed by atoms with Crippen molar-refractivity contribution in [2.45, 2.75) is 180 Å². The van der Waals surface area contributed by atoms with Crippen molar-refractivity contribution in [3.05, 3.63) is 36.6 Å². The van der Waals surface area contributed by atoms with Crippen LogP contribution in [-0.4, -0.2) is 43.3 Å². The van der Waals surface area contributed by atoms with Crippen LogP contribution in [0.25, 0.3) is 0 Å². The smallest absolute Gasteiger partial charge is 0.472 e. The number of allylic oxidation sites excluding steroid dienone is 5. The molecule has 0 saturated carbocycles. The summed E-state index contributed by atoms with van der Waals surface area (Å²) in [6.07, 6.45) is 41.0. The molecule has 48 heavy (non-hydrogen) atoms. The monoisotopic (exact) mass is 700 g/mol. The standard InChI is InChI=1S/C39H74NO7P/c1-3-5-7-9-11-13-15-17-18-19-21-23-25-27-29-31-34-44-36-38(37-46-48(42,43)45-35-33-40)47-39(41)32-30-28-26-24-22-20-16-14-12-10-8-6-4-2/h13-16,31,34,38H,3-12,17-30,32-33,35-37,40H2,1-2H3,(H,42,43)/t38-/m1/s1. The maximum Gasteiger partial charge on any atom is 0.472 e. The molecule has 0 amide bonds. The zero-order valence-corrected chi connectivity index (χ0v) is 31.9. The molecular weight excluding hydrogens is 625 g/mol. The van der Waals surface area contributed by atoms with Crippen LogP contribution in [0.15, 0.2) is 36.6 Å². The van der Waals surface area contributed by atoms with Crippen LogP contribution in [0.2, 0.25) is 0 Å². The van der Waals surface area contributed by atoms with Crippen molar-refractivity contribution in [1.29, 1.82) is 0 Å². The van der Waals surface area contributed by atoms with Crippen LogP contribution in [0.3, 0.4) is 0 Å². The van der Waals surface area contributed by atoms with Gasteiger partial charge in [0, 0.05) is 13.0 Å². The third-order valence-corrected chi connectivity index (χ3v) is 9.08. The normalized spacial score (nSPS) is 13.9. The zero-order chi connectivity index (χ0) is 35.2. The number of carbonyl (C=O) groups is 1. The number of phosphoric acid groups is 1. The topological polar surface area (TPSA) is 117 Å². The van der Waals surface area contributed by atoms with Crippen molar-refractivity contribution in [2.24, 2.45) is 5.73 Å². The minimum atomic E-state index is -4.29. The second kappa shape index (κ2) is 36.8. The summed E-state index contributed by atoms with van der Waals surface area (Å²) in [6, 6.07) is 0. The molecule has 0 fully saturated rings. The third kappa shape index (κ3) is 35.9. The summed E-state index contributed by atoms with van der Waals surface area (Å²) in [7, 11) is -4.29. The first-order chi connectivity index (χ1) is 23.4. The Balaban J connectivity index is 4.15. The number of esters is 1. The van der Waals surface area contributed by atoms with Crippen molar-refractivity contribution in [3.63, 3.8) is 0 Å². The van der Waals surface area contributed by atoms with E-state index in [4.69, 9.17) is 24.3 Å². The first-order valence-electron chi connectivity index (χ1n) is 19.5. The Bertz CT molecular complexity index is 833.